The molecule has 37 heavy (non-hydrogen) atoms. The molecule has 6 rings (SSSR count). The Bertz CT molecular complexity index is 1740. The van der Waals surface area contributed by atoms with Gasteiger partial charge in [0.15, 0.2) is 16.3 Å². The van der Waals surface area contributed by atoms with E-state index in [1.165, 1.54) is 28.0 Å². The summed E-state index contributed by atoms with van der Waals surface area (Å²) in [5, 5.41) is 2.90. The third-order valence-corrected chi connectivity index (χ3v) is 7.16. The first kappa shape index (κ1) is 22.9. The second kappa shape index (κ2) is 9.18. The minimum absolute atomic E-state index is 0.158. The molecule has 184 valence electrons. The Labute approximate surface area is 214 Å². The SMILES string of the molecule is CC1=C(C(=O)Nc2ccccc2)[C@H](c2ccc(F)cc2)n2c(s/c(=C/c3ccc4c(c3)OCO4)c2=O)=N1. The van der Waals surface area contributed by atoms with E-state index >= 15 is 0 Å². The molecule has 9 heteroatoms. The van der Waals surface area contributed by atoms with E-state index in [-0.39, 0.29) is 18.3 Å². The molecule has 1 atom stereocenters. The van der Waals surface area contributed by atoms with Gasteiger partial charge in [0.05, 0.1) is 21.8 Å². The number of ether oxygens (including phenoxy) is 2. The smallest absolute Gasteiger partial charge is 0.271 e. The number of carbonyl (C=O) groups is 1. The van der Waals surface area contributed by atoms with Gasteiger partial charge in [0.2, 0.25) is 6.79 Å². The highest BCUT2D eigenvalue weighted by Crippen LogP contribution is 2.33. The predicted octanol–water partition coefficient (Wildman–Crippen LogP) is 3.74. The van der Waals surface area contributed by atoms with Crippen molar-refractivity contribution in [3.8, 4) is 11.5 Å². The number of halogens is 1. The Hall–Kier alpha value is -4.50. The quantitative estimate of drug-likeness (QED) is 0.451. The van der Waals surface area contributed by atoms with E-state index in [1.54, 1.807) is 43.3 Å². The highest BCUT2D eigenvalue weighted by Gasteiger charge is 2.32. The lowest BCUT2D eigenvalue weighted by molar-refractivity contribution is -0.113. The highest BCUT2D eigenvalue weighted by molar-refractivity contribution is 7.07. The molecular weight excluding hydrogens is 493 g/mol. The number of hydrogen-bond acceptors (Lipinski definition) is 6. The van der Waals surface area contributed by atoms with Crippen molar-refractivity contribution < 1.29 is 18.7 Å². The number of amides is 1. The molecule has 1 aromatic heterocycles. The summed E-state index contributed by atoms with van der Waals surface area (Å²) in [6, 6.07) is 19.5. The predicted molar refractivity (Wildman–Crippen MR) is 138 cm³/mol. The van der Waals surface area contributed by atoms with Crippen LogP contribution in [0.5, 0.6) is 11.5 Å². The Morgan fingerprint density at radius 3 is 2.62 bits per heavy atom. The van der Waals surface area contributed by atoms with Crippen molar-refractivity contribution in [1.29, 1.82) is 0 Å². The molecule has 0 saturated heterocycles. The van der Waals surface area contributed by atoms with E-state index < -0.39 is 11.9 Å². The van der Waals surface area contributed by atoms with E-state index in [2.05, 4.69) is 10.3 Å². The number of nitrogens with zero attached hydrogens (tertiary/aromatic N) is 2. The van der Waals surface area contributed by atoms with Crippen molar-refractivity contribution >= 4 is 29.0 Å². The minimum atomic E-state index is -0.778. The van der Waals surface area contributed by atoms with Crippen LogP contribution in [0.4, 0.5) is 10.1 Å². The summed E-state index contributed by atoms with van der Waals surface area (Å²) < 4.78 is 26.6. The lowest BCUT2D eigenvalue weighted by atomic mass is 9.95. The van der Waals surface area contributed by atoms with E-state index in [0.29, 0.717) is 43.4 Å². The number of fused-ring (bicyclic) bond motifs is 2. The van der Waals surface area contributed by atoms with Gasteiger partial charge in [0, 0.05) is 5.69 Å². The van der Waals surface area contributed by atoms with E-state index in [1.807, 2.05) is 30.3 Å². The number of allylic oxidation sites excluding steroid dienone is 1. The molecule has 3 heterocycles. The van der Waals surface area contributed by atoms with Gasteiger partial charge in [0.25, 0.3) is 11.5 Å². The van der Waals surface area contributed by atoms with Crippen LogP contribution in [0.3, 0.4) is 0 Å². The molecule has 0 saturated carbocycles. The lowest BCUT2D eigenvalue weighted by Crippen LogP contribution is -2.40. The Morgan fingerprint density at radius 2 is 1.84 bits per heavy atom. The van der Waals surface area contributed by atoms with Gasteiger partial charge in [-0.15, -0.1) is 0 Å². The second-order valence-corrected chi connectivity index (χ2v) is 9.58. The number of thiazole rings is 1. The Balaban J connectivity index is 1.49. The van der Waals surface area contributed by atoms with Crippen LogP contribution in [0.1, 0.15) is 24.1 Å². The molecule has 0 bridgehead atoms. The van der Waals surface area contributed by atoms with Crippen LogP contribution in [0.15, 0.2) is 93.9 Å². The van der Waals surface area contributed by atoms with Crippen LogP contribution in [0.2, 0.25) is 0 Å². The maximum atomic E-state index is 13.8. The van der Waals surface area contributed by atoms with Crippen LogP contribution < -0.4 is 29.7 Å². The number of nitrogens with one attached hydrogen (secondary N) is 1. The molecule has 0 fully saturated rings. The zero-order chi connectivity index (χ0) is 25.5. The molecule has 0 unspecified atom stereocenters. The Kier molecular flexibility index (Phi) is 5.69. The Morgan fingerprint density at radius 1 is 1.08 bits per heavy atom. The third kappa shape index (κ3) is 4.23. The normalized spacial score (nSPS) is 16.4. The summed E-state index contributed by atoms with van der Waals surface area (Å²) in [6.45, 7) is 1.90. The molecule has 1 N–H and O–H groups in total. The van der Waals surface area contributed by atoms with Crippen molar-refractivity contribution in [2.75, 3.05) is 12.1 Å². The second-order valence-electron chi connectivity index (χ2n) is 8.57. The largest absolute Gasteiger partial charge is 0.454 e. The number of carbonyl (C=O) groups excluding carboxylic acids is 1. The average Bonchev–Trinajstić information content (AvgIpc) is 3.48. The summed E-state index contributed by atoms with van der Waals surface area (Å²) >= 11 is 1.23. The van der Waals surface area contributed by atoms with Gasteiger partial charge >= 0.3 is 0 Å². The summed E-state index contributed by atoms with van der Waals surface area (Å²) in [7, 11) is 0. The van der Waals surface area contributed by atoms with Crippen LogP contribution in [0, 0.1) is 5.82 Å². The van der Waals surface area contributed by atoms with E-state index in [0.717, 1.165) is 5.56 Å². The topological polar surface area (TPSA) is 81.9 Å². The van der Waals surface area contributed by atoms with Gasteiger partial charge < -0.3 is 14.8 Å². The van der Waals surface area contributed by atoms with E-state index in [4.69, 9.17) is 9.47 Å². The zero-order valence-corrected chi connectivity index (χ0v) is 20.4. The summed E-state index contributed by atoms with van der Waals surface area (Å²) in [4.78, 5) is 32.3. The van der Waals surface area contributed by atoms with Crippen molar-refractivity contribution in [3.63, 3.8) is 0 Å². The third-order valence-electron chi connectivity index (χ3n) is 6.18. The molecule has 4 aromatic rings. The molecule has 1 amide bonds. The van der Waals surface area contributed by atoms with Crippen LogP contribution in [-0.2, 0) is 4.79 Å². The number of para-hydroxylation sites is 1. The maximum absolute atomic E-state index is 13.8. The fraction of sp³-hybridized carbons (Fsp3) is 0.107. The summed E-state index contributed by atoms with van der Waals surface area (Å²) in [5.74, 6) is 0.475. The minimum Gasteiger partial charge on any atom is -0.454 e. The van der Waals surface area contributed by atoms with Crippen LogP contribution >= 0.6 is 11.3 Å². The van der Waals surface area contributed by atoms with Gasteiger partial charge in [-0.2, -0.15) is 0 Å². The first-order valence-electron chi connectivity index (χ1n) is 11.5. The van der Waals surface area contributed by atoms with Crippen LogP contribution in [0.25, 0.3) is 6.08 Å². The lowest BCUT2D eigenvalue weighted by Gasteiger charge is -2.25. The fourth-order valence-corrected chi connectivity index (χ4v) is 5.49. The monoisotopic (exact) mass is 513 g/mol. The number of rotatable bonds is 4. The van der Waals surface area contributed by atoms with Crippen molar-refractivity contribution in [2.24, 2.45) is 4.99 Å². The van der Waals surface area contributed by atoms with Crippen molar-refractivity contribution in [2.45, 2.75) is 13.0 Å². The summed E-state index contributed by atoms with van der Waals surface area (Å²) in [5.41, 5.74) is 2.49. The number of benzene rings is 3. The fourth-order valence-electron chi connectivity index (χ4n) is 4.45. The average molecular weight is 514 g/mol. The molecule has 3 aromatic carbocycles. The number of anilines is 1. The van der Waals surface area contributed by atoms with Gasteiger partial charge in [-0.05, 0) is 60.5 Å². The van der Waals surface area contributed by atoms with Crippen molar-refractivity contribution in [1.82, 2.24) is 4.57 Å². The molecule has 0 radical (unpaired) electrons. The maximum Gasteiger partial charge on any atom is 0.271 e. The first-order valence-corrected chi connectivity index (χ1v) is 12.3. The van der Waals surface area contributed by atoms with Gasteiger partial charge in [-0.25, -0.2) is 9.38 Å². The standard InChI is InChI=1S/C28H20FN3O4S/c1-16-24(26(33)31-20-5-3-2-4-6-20)25(18-8-10-19(29)11-9-18)32-27(34)23(37-28(32)30-16)14-17-7-12-21-22(13-17)36-15-35-21/h2-14,25H,15H2,1H3,(H,31,33)/b23-14+/t25-/m0/s1. The first-order chi connectivity index (χ1) is 18.0. The zero-order valence-electron chi connectivity index (χ0n) is 19.6. The van der Waals surface area contributed by atoms with Gasteiger partial charge in [-0.3, -0.25) is 14.2 Å². The molecule has 7 nitrogen and oxygen atoms in total. The molecule has 2 aliphatic heterocycles. The summed E-state index contributed by atoms with van der Waals surface area (Å²) in [6.07, 6.45) is 1.76. The van der Waals surface area contributed by atoms with E-state index in [9.17, 15) is 14.0 Å². The van der Waals surface area contributed by atoms with Gasteiger partial charge in [-0.1, -0.05) is 47.7 Å². The highest BCUT2D eigenvalue weighted by atomic mass is 32.1. The number of aromatic nitrogens is 1. The molecule has 0 aliphatic carbocycles. The molecule has 0 spiro atoms. The van der Waals surface area contributed by atoms with Crippen LogP contribution in [-0.4, -0.2) is 17.3 Å². The molecule has 2 aliphatic rings. The van der Waals surface area contributed by atoms with Crippen molar-refractivity contribution in [3.05, 3.63) is 121 Å². The number of hydrogen-bond donors (Lipinski definition) is 1. The molecular formula is C28H20FN3O4S. The van der Waals surface area contributed by atoms with Gasteiger partial charge in [0.1, 0.15) is 5.82 Å².